The molecule has 0 saturated heterocycles. The molecule has 0 unspecified atom stereocenters. The van der Waals surface area contributed by atoms with Crippen LogP contribution in [0.25, 0.3) is 22.3 Å². The first-order valence-electron chi connectivity index (χ1n) is 8.79. The number of aromatic nitrogens is 1. The van der Waals surface area contributed by atoms with Gasteiger partial charge in [0.25, 0.3) is 15.9 Å². The fraction of sp³-hybridized carbons (Fsp3) is 0. The molecule has 2 aromatic heterocycles. The van der Waals surface area contributed by atoms with Gasteiger partial charge >= 0.3 is 0 Å². The van der Waals surface area contributed by atoms with Crippen molar-refractivity contribution in [2.24, 2.45) is 5.14 Å². The van der Waals surface area contributed by atoms with E-state index in [9.17, 15) is 21.6 Å². The Kier molecular flexibility index (Phi) is 5.09. The number of para-hydroxylation sites is 1. The first-order valence-corrected chi connectivity index (χ1v) is 11.8. The minimum absolute atomic E-state index is 0.184. The highest BCUT2D eigenvalue weighted by atomic mass is 32.2. The van der Waals surface area contributed by atoms with Crippen LogP contribution in [-0.2, 0) is 20.0 Å². The number of hydrogen-bond acceptors (Lipinski definition) is 7. The van der Waals surface area contributed by atoms with Gasteiger partial charge in [-0.3, -0.25) is 9.78 Å². The number of carbonyl (C=O) groups excluding carboxylic acids is 1. The molecule has 31 heavy (non-hydrogen) atoms. The number of pyridine rings is 1. The summed E-state index contributed by atoms with van der Waals surface area (Å²) < 4.78 is 56.0. The van der Waals surface area contributed by atoms with Crippen LogP contribution in [-0.4, -0.2) is 27.7 Å². The van der Waals surface area contributed by atoms with Gasteiger partial charge in [0.05, 0.1) is 0 Å². The van der Waals surface area contributed by atoms with Gasteiger partial charge in [-0.15, -0.1) is 0 Å². The molecule has 1 amide bonds. The van der Waals surface area contributed by atoms with Crippen molar-refractivity contribution in [3.05, 3.63) is 78.6 Å². The van der Waals surface area contributed by atoms with Crippen LogP contribution in [0, 0.1) is 0 Å². The summed E-state index contributed by atoms with van der Waals surface area (Å²) in [7, 11) is -8.84. The summed E-state index contributed by atoms with van der Waals surface area (Å²) in [5.41, 5.74) is 1.10. The maximum atomic E-state index is 12.6. The number of furan rings is 1. The van der Waals surface area contributed by atoms with Crippen LogP contribution >= 0.6 is 0 Å². The zero-order valence-electron chi connectivity index (χ0n) is 15.7. The van der Waals surface area contributed by atoms with Gasteiger partial charge in [0, 0.05) is 17.1 Å². The molecule has 11 heteroatoms. The Morgan fingerprint density at radius 2 is 1.58 bits per heavy atom. The average Bonchev–Trinajstić information content (AvgIpc) is 3.17. The molecule has 0 bridgehead atoms. The standard InChI is InChI=1S/C20H15N3O6S2/c21-30(25,26)18-7-3-4-8-19(18)31(27,28)23-20(24)15-10-9-14(12-22-15)17-11-13-5-1-2-6-16(13)29-17/h1-12H,(H,23,24)(H2,21,25,26). The van der Waals surface area contributed by atoms with Gasteiger partial charge in [0.15, 0.2) is 0 Å². The van der Waals surface area contributed by atoms with Crippen LogP contribution in [0.2, 0.25) is 0 Å². The lowest BCUT2D eigenvalue weighted by atomic mass is 10.2. The van der Waals surface area contributed by atoms with E-state index in [0.717, 1.165) is 17.5 Å². The van der Waals surface area contributed by atoms with Crippen molar-refractivity contribution in [3.63, 3.8) is 0 Å². The lowest BCUT2D eigenvalue weighted by Crippen LogP contribution is -2.32. The van der Waals surface area contributed by atoms with Gasteiger partial charge < -0.3 is 4.42 Å². The SMILES string of the molecule is NS(=O)(=O)c1ccccc1S(=O)(=O)NC(=O)c1ccc(-c2cc3ccccc3o2)cn1. The predicted octanol–water partition coefficient (Wildman–Crippen LogP) is 2.26. The third-order valence-electron chi connectivity index (χ3n) is 4.38. The van der Waals surface area contributed by atoms with E-state index < -0.39 is 35.7 Å². The molecule has 4 rings (SSSR count). The van der Waals surface area contributed by atoms with Gasteiger partial charge in [-0.1, -0.05) is 30.3 Å². The van der Waals surface area contributed by atoms with Crippen LogP contribution < -0.4 is 9.86 Å². The Hall–Kier alpha value is -3.54. The zero-order valence-corrected chi connectivity index (χ0v) is 17.4. The van der Waals surface area contributed by atoms with Crippen LogP contribution in [0.1, 0.15) is 10.5 Å². The van der Waals surface area contributed by atoms with Gasteiger partial charge in [0.1, 0.15) is 26.8 Å². The van der Waals surface area contributed by atoms with Crippen LogP contribution in [0.5, 0.6) is 0 Å². The Morgan fingerprint density at radius 1 is 0.903 bits per heavy atom. The molecule has 0 fully saturated rings. The van der Waals surface area contributed by atoms with Crippen LogP contribution in [0.4, 0.5) is 0 Å². The average molecular weight is 457 g/mol. The van der Waals surface area contributed by atoms with Crippen molar-refractivity contribution < 1.29 is 26.0 Å². The Labute approximate surface area is 177 Å². The number of nitrogens with one attached hydrogen (secondary N) is 1. The van der Waals surface area contributed by atoms with Crippen LogP contribution in [0.15, 0.2) is 87.1 Å². The number of fused-ring (bicyclic) bond motifs is 1. The second-order valence-electron chi connectivity index (χ2n) is 6.51. The lowest BCUT2D eigenvalue weighted by molar-refractivity contribution is 0.0976. The minimum atomic E-state index is -4.52. The summed E-state index contributed by atoms with van der Waals surface area (Å²) in [4.78, 5) is 15.2. The minimum Gasteiger partial charge on any atom is -0.456 e. The van der Waals surface area contributed by atoms with Crippen molar-refractivity contribution in [3.8, 4) is 11.3 Å². The van der Waals surface area contributed by atoms with Gasteiger partial charge in [0.2, 0.25) is 10.0 Å². The maximum absolute atomic E-state index is 12.6. The van der Waals surface area contributed by atoms with Crippen molar-refractivity contribution in [1.82, 2.24) is 9.71 Å². The Balaban J connectivity index is 1.59. The van der Waals surface area contributed by atoms with E-state index in [1.165, 1.54) is 24.4 Å². The molecule has 0 atom stereocenters. The number of rotatable bonds is 5. The molecule has 0 radical (unpaired) electrons. The number of nitrogens with zero attached hydrogens (tertiary/aromatic N) is 1. The molecule has 0 aliphatic rings. The Bertz CT molecular complexity index is 1480. The highest BCUT2D eigenvalue weighted by molar-refractivity contribution is 7.92. The quantitative estimate of drug-likeness (QED) is 0.467. The van der Waals surface area contributed by atoms with E-state index in [0.29, 0.717) is 16.9 Å². The first-order chi connectivity index (χ1) is 14.6. The Morgan fingerprint density at radius 3 is 2.23 bits per heavy atom. The van der Waals surface area contributed by atoms with E-state index in [2.05, 4.69) is 4.98 Å². The van der Waals surface area contributed by atoms with Gasteiger partial charge in [-0.05, 0) is 36.4 Å². The van der Waals surface area contributed by atoms with Gasteiger partial charge in [-0.25, -0.2) is 26.7 Å². The molecule has 2 heterocycles. The fourth-order valence-electron chi connectivity index (χ4n) is 2.93. The summed E-state index contributed by atoms with van der Waals surface area (Å²) in [5.74, 6) is -0.490. The number of benzene rings is 2. The van der Waals surface area contributed by atoms with Gasteiger partial charge in [-0.2, -0.15) is 0 Å². The van der Waals surface area contributed by atoms with Crippen molar-refractivity contribution in [2.45, 2.75) is 9.79 Å². The molecule has 0 saturated carbocycles. The first kappa shape index (κ1) is 20.7. The summed E-state index contributed by atoms with van der Waals surface area (Å²) in [6, 6.07) is 16.8. The number of amides is 1. The molecule has 4 aromatic rings. The molecule has 158 valence electrons. The molecule has 0 aliphatic heterocycles. The molecule has 0 aliphatic carbocycles. The second-order valence-corrected chi connectivity index (χ2v) is 9.69. The number of nitrogens with two attached hydrogens (primary N) is 1. The van der Waals surface area contributed by atoms with E-state index in [4.69, 9.17) is 9.56 Å². The van der Waals surface area contributed by atoms with E-state index in [-0.39, 0.29) is 5.69 Å². The van der Waals surface area contributed by atoms with Crippen LogP contribution in [0.3, 0.4) is 0 Å². The summed E-state index contributed by atoms with van der Waals surface area (Å²) in [6.07, 6.45) is 1.37. The zero-order chi connectivity index (χ0) is 22.2. The van der Waals surface area contributed by atoms with E-state index >= 15 is 0 Å². The fourth-order valence-corrected chi connectivity index (χ4v) is 5.28. The smallest absolute Gasteiger partial charge is 0.283 e. The predicted molar refractivity (Wildman–Crippen MR) is 112 cm³/mol. The highest BCUT2D eigenvalue weighted by Crippen LogP contribution is 2.27. The normalized spacial score (nSPS) is 12.0. The van der Waals surface area contributed by atoms with E-state index in [1.54, 1.807) is 6.07 Å². The third kappa shape index (κ3) is 4.19. The summed E-state index contributed by atoms with van der Waals surface area (Å²) in [6.45, 7) is 0. The van der Waals surface area contributed by atoms with Crippen molar-refractivity contribution >= 4 is 36.9 Å². The second kappa shape index (κ2) is 7.61. The molecular formula is C20H15N3O6S2. The molecular weight excluding hydrogens is 442 g/mol. The maximum Gasteiger partial charge on any atom is 0.283 e. The summed E-state index contributed by atoms with van der Waals surface area (Å²) in [5, 5.41) is 5.97. The molecule has 0 spiro atoms. The topological polar surface area (TPSA) is 149 Å². The van der Waals surface area contributed by atoms with Crippen molar-refractivity contribution in [2.75, 3.05) is 0 Å². The third-order valence-corrected chi connectivity index (χ3v) is 6.87. The summed E-state index contributed by atoms with van der Waals surface area (Å²) >= 11 is 0. The van der Waals surface area contributed by atoms with E-state index in [1.807, 2.05) is 35.1 Å². The largest absolute Gasteiger partial charge is 0.456 e. The molecule has 9 nitrogen and oxygen atoms in total. The van der Waals surface area contributed by atoms with Crippen molar-refractivity contribution in [1.29, 1.82) is 0 Å². The molecule has 2 aromatic carbocycles. The highest BCUT2D eigenvalue weighted by Gasteiger charge is 2.26. The monoisotopic (exact) mass is 457 g/mol. The molecule has 3 N–H and O–H groups in total. The number of primary sulfonamides is 1. The number of hydrogen-bond donors (Lipinski definition) is 2. The lowest BCUT2D eigenvalue weighted by Gasteiger charge is -2.10. The number of sulfonamides is 2. The number of carbonyl (C=O) groups is 1.